The van der Waals surface area contributed by atoms with Crippen LogP contribution in [0.15, 0.2) is 16.7 Å². The molecule has 0 amide bonds. The molecule has 0 saturated carbocycles. The largest absolute Gasteiger partial charge is 0.465 e. The van der Waals surface area contributed by atoms with Gasteiger partial charge in [-0.3, -0.25) is 4.98 Å². The maximum atomic E-state index is 13.7. The summed E-state index contributed by atoms with van der Waals surface area (Å²) < 4.78 is 18.9. The number of hydrogen-bond donors (Lipinski definition) is 0. The molecule has 0 aromatic carbocycles. The number of hydrogen-bond acceptors (Lipinski definition) is 4. The number of pyridine rings is 1. The molecule has 0 radical (unpaired) electrons. The van der Waals surface area contributed by atoms with Gasteiger partial charge in [0, 0.05) is 10.7 Å². The van der Waals surface area contributed by atoms with Crippen LogP contribution in [0.4, 0.5) is 4.39 Å². The summed E-state index contributed by atoms with van der Waals surface area (Å²) in [6.45, 7) is 3.01. The van der Waals surface area contributed by atoms with E-state index in [-0.39, 0.29) is 12.3 Å². The average molecular weight is 301 g/mol. The minimum Gasteiger partial charge on any atom is -0.465 e. The molecule has 0 saturated heterocycles. The Morgan fingerprint density at radius 1 is 1.76 bits per heavy atom. The Balaban J connectivity index is 3.26. The molecule has 0 aliphatic heterocycles. The predicted molar refractivity (Wildman–Crippen MR) is 61.5 cm³/mol. The summed E-state index contributed by atoms with van der Waals surface area (Å²) in [7, 11) is 0. The molecule has 6 heteroatoms. The van der Waals surface area contributed by atoms with E-state index in [1.807, 2.05) is 0 Å². The van der Waals surface area contributed by atoms with Crippen molar-refractivity contribution in [1.29, 1.82) is 5.26 Å². The van der Waals surface area contributed by atoms with E-state index in [9.17, 15) is 9.18 Å². The number of rotatable bonds is 3. The average Bonchev–Trinajstić information content (AvgIpc) is 2.28. The molecule has 1 unspecified atom stereocenters. The molecule has 1 atom stereocenters. The van der Waals surface area contributed by atoms with E-state index in [1.54, 1.807) is 13.0 Å². The zero-order valence-electron chi connectivity index (χ0n) is 9.33. The van der Waals surface area contributed by atoms with E-state index >= 15 is 0 Å². The molecule has 0 aliphatic carbocycles. The normalized spacial score (nSPS) is 13.6. The quantitative estimate of drug-likeness (QED) is 0.804. The van der Waals surface area contributed by atoms with Crippen LogP contribution in [-0.4, -0.2) is 17.6 Å². The van der Waals surface area contributed by atoms with E-state index in [0.29, 0.717) is 4.47 Å². The van der Waals surface area contributed by atoms with Crippen molar-refractivity contribution in [3.63, 3.8) is 0 Å². The Kier molecular flexibility index (Phi) is 4.18. The molecule has 0 N–H and O–H groups in total. The maximum absolute atomic E-state index is 13.7. The van der Waals surface area contributed by atoms with Crippen molar-refractivity contribution in [2.45, 2.75) is 19.3 Å². The molecule has 0 aliphatic rings. The van der Waals surface area contributed by atoms with Gasteiger partial charge in [-0.15, -0.1) is 0 Å². The molecule has 0 fully saturated rings. The molecular weight excluding hydrogens is 291 g/mol. The minimum atomic E-state index is -1.74. The van der Waals surface area contributed by atoms with Gasteiger partial charge in [-0.2, -0.15) is 5.26 Å². The highest BCUT2D eigenvalue weighted by Crippen LogP contribution is 2.26. The fourth-order valence-corrected chi connectivity index (χ4v) is 1.56. The number of carbonyl (C=O) groups excluding carboxylic acids is 1. The van der Waals surface area contributed by atoms with Gasteiger partial charge in [-0.05, 0) is 35.8 Å². The standard InChI is InChI=1S/C11H10BrFN2O2/c1-3-17-10(16)11(2,6-14)9-8(13)4-7(12)5-15-9/h4-5H,3H2,1-2H3. The fraction of sp³-hybridized carbons (Fsp3) is 0.364. The van der Waals surface area contributed by atoms with E-state index in [4.69, 9.17) is 10.00 Å². The van der Waals surface area contributed by atoms with Crippen LogP contribution in [0, 0.1) is 17.1 Å². The van der Waals surface area contributed by atoms with Crippen molar-refractivity contribution >= 4 is 21.9 Å². The fourth-order valence-electron chi connectivity index (χ4n) is 1.25. The highest BCUT2D eigenvalue weighted by atomic mass is 79.9. The number of esters is 1. The lowest BCUT2D eigenvalue weighted by molar-refractivity contribution is -0.147. The van der Waals surface area contributed by atoms with Gasteiger partial charge in [0.25, 0.3) is 0 Å². The molecule has 90 valence electrons. The van der Waals surface area contributed by atoms with Crippen LogP contribution in [0.2, 0.25) is 0 Å². The molecule has 17 heavy (non-hydrogen) atoms. The molecule has 0 bridgehead atoms. The maximum Gasteiger partial charge on any atom is 0.332 e. The van der Waals surface area contributed by atoms with Gasteiger partial charge in [-0.25, -0.2) is 9.18 Å². The monoisotopic (exact) mass is 300 g/mol. The number of nitrogens with zero attached hydrogens (tertiary/aromatic N) is 2. The molecule has 1 aromatic rings. The summed E-state index contributed by atoms with van der Waals surface area (Å²) in [5, 5.41) is 9.06. The molecule has 1 heterocycles. The molecule has 4 nitrogen and oxygen atoms in total. The molecule has 1 aromatic heterocycles. The van der Waals surface area contributed by atoms with Crippen molar-refractivity contribution in [1.82, 2.24) is 4.98 Å². The second kappa shape index (κ2) is 5.23. The van der Waals surface area contributed by atoms with Crippen molar-refractivity contribution in [3.05, 3.63) is 28.2 Å². The Bertz CT molecular complexity index is 487. The van der Waals surface area contributed by atoms with Crippen LogP contribution in [0.5, 0.6) is 0 Å². The smallest absolute Gasteiger partial charge is 0.332 e. The SMILES string of the molecule is CCOC(=O)C(C)(C#N)c1ncc(Br)cc1F. The van der Waals surface area contributed by atoms with Crippen LogP contribution in [0.3, 0.4) is 0 Å². The number of halogens is 2. The summed E-state index contributed by atoms with van der Waals surface area (Å²) >= 11 is 3.05. The van der Waals surface area contributed by atoms with Gasteiger partial charge in [-0.1, -0.05) is 0 Å². The van der Waals surface area contributed by atoms with Crippen molar-refractivity contribution < 1.29 is 13.9 Å². The van der Waals surface area contributed by atoms with Crippen LogP contribution in [0.25, 0.3) is 0 Å². The Morgan fingerprint density at radius 2 is 2.41 bits per heavy atom. The summed E-state index contributed by atoms with van der Waals surface area (Å²) in [6.07, 6.45) is 1.33. The van der Waals surface area contributed by atoms with Crippen molar-refractivity contribution in [2.75, 3.05) is 6.61 Å². The number of ether oxygens (including phenoxy) is 1. The van der Waals surface area contributed by atoms with Crippen molar-refractivity contribution in [2.24, 2.45) is 0 Å². The highest BCUT2D eigenvalue weighted by Gasteiger charge is 2.41. The zero-order chi connectivity index (χ0) is 13.1. The molecular formula is C11H10BrFN2O2. The van der Waals surface area contributed by atoms with Gasteiger partial charge in [0.1, 0.15) is 11.5 Å². The summed E-state index contributed by atoms with van der Waals surface area (Å²) in [4.78, 5) is 15.4. The predicted octanol–water partition coefficient (Wildman–Crippen LogP) is 2.33. The Hall–Kier alpha value is -1.48. The van der Waals surface area contributed by atoms with Crippen molar-refractivity contribution in [3.8, 4) is 6.07 Å². The molecule has 0 spiro atoms. The van der Waals surface area contributed by atoms with Gasteiger partial charge >= 0.3 is 5.97 Å². The van der Waals surface area contributed by atoms with Crippen LogP contribution in [0.1, 0.15) is 19.5 Å². The summed E-state index contributed by atoms with van der Waals surface area (Å²) in [5.74, 6) is -1.53. The third kappa shape index (κ3) is 2.61. The van der Waals surface area contributed by atoms with Gasteiger partial charge in [0.2, 0.25) is 0 Å². The summed E-state index contributed by atoms with van der Waals surface area (Å²) in [6, 6.07) is 2.90. The summed E-state index contributed by atoms with van der Waals surface area (Å²) in [5.41, 5.74) is -1.97. The van der Waals surface area contributed by atoms with Gasteiger partial charge in [0.15, 0.2) is 5.41 Å². The lowest BCUT2D eigenvalue weighted by Crippen LogP contribution is -2.34. The second-order valence-electron chi connectivity index (χ2n) is 3.44. The topological polar surface area (TPSA) is 63.0 Å². The third-order valence-corrected chi connectivity index (χ3v) is 2.62. The lowest BCUT2D eigenvalue weighted by atomic mass is 9.88. The first-order valence-electron chi connectivity index (χ1n) is 4.85. The molecule has 1 rings (SSSR count). The first-order chi connectivity index (χ1) is 7.95. The Morgan fingerprint density at radius 3 is 2.88 bits per heavy atom. The second-order valence-corrected chi connectivity index (χ2v) is 4.36. The lowest BCUT2D eigenvalue weighted by Gasteiger charge is -2.19. The van der Waals surface area contributed by atoms with E-state index in [1.165, 1.54) is 13.1 Å². The number of carbonyl (C=O) groups is 1. The van der Waals surface area contributed by atoms with Crippen LogP contribution >= 0.6 is 15.9 Å². The number of aromatic nitrogens is 1. The van der Waals surface area contributed by atoms with E-state index in [2.05, 4.69) is 20.9 Å². The van der Waals surface area contributed by atoms with Crippen LogP contribution < -0.4 is 0 Å². The van der Waals surface area contributed by atoms with Crippen LogP contribution in [-0.2, 0) is 14.9 Å². The highest BCUT2D eigenvalue weighted by molar-refractivity contribution is 9.10. The first-order valence-corrected chi connectivity index (χ1v) is 5.65. The van der Waals surface area contributed by atoms with E-state index in [0.717, 1.165) is 6.07 Å². The first kappa shape index (κ1) is 13.6. The van der Waals surface area contributed by atoms with Gasteiger partial charge < -0.3 is 4.74 Å². The minimum absolute atomic E-state index is 0.119. The van der Waals surface area contributed by atoms with Gasteiger partial charge in [0.05, 0.1) is 12.7 Å². The third-order valence-electron chi connectivity index (χ3n) is 2.19. The zero-order valence-corrected chi connectivity index (χ0v) is 10.9. The van der Waals surface area contributed by atoms with E-state index < -0.39 is 17.2 Å². The Labute approximate surface area is 107 Å². The number of nitriles is 1.